The van der Waals surface area contributed by atoms with Crippen molar-refractivity contribution >= 4 is 6.09 Å². The highest BCUT2D eigenvalue weighted by Crippen LogP contribution is 2.44. The van der Waals surface area contributed by atoms with Crippen LogP contribution in [0.3, 0.4) is 0 Å². The summed E-state index contributed by atoms with van der Waals surface area (Å²) in [6, 6.07) is 18.5. The minimum Gasteiger partial charge on any atom is -0.445 e. The standard InChI is InChI=1S/C22H22N2O3/c25-22(26-15-16-6-2-1-3-7-16)23-12-11-19-20(14-23)27-24-13-10-17-8-4-5-9-18(17)21(19)24/h1-9,11,20-21H,10,12-15H2/t20-,21+/m0/s1. The van der Waals surface area contributed by atoms with Crippen molar-refractivity contribution < 1.29 is 14.4 Å². The van der Waals surface area contributed by atoms with Gasteiger partial charge in [0, 0.05) is 13.1 Å². The van der Waals surface area contributed by atoms with Crippen molar-refractivity contribution in [1.82, 2.24) is 9.96 Å². The Morgan fingerprint density at radius 1 is 1.11 bits per heavy atom. The average Bonchev–Trinajstić information content (AvgIpc) is 3.11. The summed E-state index contributed by atoms with van der Waals surface area (Å²) in [5.41, 5.74) is 4.99. The summed E-state index contributed by atoms with van der Waals surface area (Å²) in [7, 11) is 0. The molecule has 0 radical (unpaired) electrons. The van der Waals surface area contributed by atoms with E-state index in [1.165, 1.54) is 16.7 Å². The molecule has 0 spiro atoms. The van der Waals surface area contributed by atoms with Gasteiger partial charge in [0.1, 0.15) is 12.7 Å². The second-order valence-electron chi connectivity index (χ2n) is 7.24. The molecule has 27 heavy (non-hydrogen) atoms. The van der Waals surface area contributed by atoms with E-state index in [0.29, 0.717) is 19.7 Å². The van der Waals surface area contributed by atoms with Gasteiger partial charge >= 0.3 is 6.09 Å². The molecule has 3 heterocycles. The van der Waals surface area contributed by atoms with Crippen LogP contribution >= 0.6 is 0 Å². The Kier molecular flexibility index (Phi) is 4.19. The number of carbonyl (C=O) groups is 1. The van der Waals surface area contributed by atoms with E-state index in [-0.39, 0.29) is 18.2 Å². The Morgan fingerprint density at radius 2 is 1.93 bits per heavy atom. The van der Waals surface area contributed by atoms with E-state index in [4.69, 9.17) is 9.57 Å². The van der Waals surface area contributed by atoms with Gasteiger partial charge in [0.25, 0.3) is 0 Å². The zero-order valence-corrected chi connectivity index (χ0v) is 15.1. The summed E-state index contributed by atoms with van der Waals surface area (Å²) in [5.74, 6) is 0. The molecule has 0 aliphatic carbocycles. The molecule has 0 aromatic heterocycles. The highest BCUT2D eigenvalue weighted by Gasteiger charge is 2.44. The van der Waals surface area contributed by atoms with Crippen molar-refractivity contribution in [1.29, 1.82) is 0 Å². The third kappa shape index (κ3) is 3.03. The van der Waals surface area contributed by atoms with E-state index < -0.39 is 0 Å². The van der Waals surface area contributed by atoms with Crippen LogP contribution in [0.25, 0.3) is 0 Å². The van der Waals surface area contributed by atoms with Crippen LogP contribution in [0.1, 0.15) is 22.7 Å². The molecule has 1 saturated heterocycles. The van der Waals surface area contributed by atoms with E-state index in [1.54, 1.807) is 4.90 Å². The first-order valence-corrected chi connectivity index (χ1v) is 9.46. The summed E-state index contributed by atoms with van der Waals surface area (Å²) in [4.78, 5) is 20.4. The van der Waals surface area contributed by atoms with Gasteiger partial charge in [-0.3, -0.25) is 4.84 Å². The summed E-state index contributed by atoms with van der Waals surface area (Å²) in [6.07, 6.45) is 2.77. The van der Waals surface area contributed by atoms with Crippen LogP contribution in [0, 0.1) is 0 Å². The lowest BCUT2D eigenvalue weighted by Crippen LogP contribution is -2.41. The number of hydroxylamine groups is 2. The summed E-state index contributed by atoms with van der Waals surface area (Å²) >= 11 is 0. The topological polar surface area (TPSA) is 42.0 Å². The average molecular weight is 362 g/mol. The van der Waals surface area contributed by atoms with Crippen molar-refractivity contribution in [2.45, 2.75) is 25.2 Å². The molecule has 3 aliphatic heterocycles. The third-order valence-electron chi connectivity index (χ3n) is 5.59. The number of nitrogens with zero attached hydrogens (tertiary/aromatic N) is 2. The zero-order valence-electron chi connectivity index (χ0n) is 15.1. The number of fused-ring (bicyclic) bond motifs is 5. The van der Waals surface area contributed by atoms with Gasteiger partial charge in [0.2, 0.25) is 0 Å². The van der Waals surface area contributed by atoms with E-state index in [9.17, 15) is 4.79 Å². The molecule has 1 fully saturated rings. The molecule has 0 N–H and O–H groups in total. The second-order valence-corrected chi connectivity index (χ2v) is 7.24. The Bertz CT molecular complexity index is 880. The molecule has 2 aromatic carbocycles. The summed E-state index contributed by atoms with van der Waals surface area (Å²) in [6.45, 7) is 2.28. The number of rotatable bonds is 2. The molecule has 5 rings (SSSR count). The molecule has 5 nitrogen and oxygen atoms in total. The van der Waals surface area contributed by atoms with Gasteiger partial charge in [0.15, 0.2) is 0 Å². The zero-order chi connectivity index (χ0) is 18.2. The van der Waals surface area contributed by atoms with Gasteiger partial charge < -0.3 is 9.64 Å². The summed E-state index contributed by atoms with van der Waals surface area (Å²) < 4.78 is 5.48. The van der Waals surface area contributed by atoms with Crippen molar-refractivity contribution in [3.8, 4) is 0 Å². The quantitative estimate of drug-likeness (QED) is 0.767. The van der Waals surface area contributed by atoms with Gasteiger partial charge in [-0.15, -0.1) is 0 Å². The lowest BCUT2D eigenvalue weighted by molar-refractivity contribution is -0.168. The minimum absolute atomic E-state index is 0.0841. The van der Waals surface area contributed by atoms with Gasteiger partial charge in [-0.25, -0.2) is 4.79 Å². The number of carbonyl (C=O) groups excluding carboxylic acids is 1. The van der Waals surface area contributed by atoms with Gasteiger partial charge in [-0.2, -0.15) is 5.06 Å². The number of hydrogen-bond acceptors (Lipinski definition) is 4. The Labute approximate surface area is 158 Å². The largest absolute Gasteiger partial charge is 0.445 e. The monoisotopic (exact) mass is 362 g/mol. The SMILES string of the molecule is O=C(OCc1ccccc1)N1CC=C2[C@H](C1)ON1CCc3ccccc3[C@H]21. The Balaban J connectivity index is 1.29. The molecular formula is C22H22N2O3. The lowest BCUT2D eigenvalue weighted by Gasteiger charge is -2.30. The molecule has 5 heteroatoms. The van der Waals surface area contributed by atoms with Gasteiger partial charge in [0.05, 0.1) is 12.6 Å². The second kappa shape index (κ2) is 6.83. The van der Waals surface area contributed by atoms with Crippen LogP contribution < -0.4 is 0 Å². The predicted octanol–water partition coefficient (Wildman–Crippen LogP) is 3.48. The Hall–Kier alpha value is -2.63. The van der Waals surface area contributed by atoms with Crippen LogP contribution in [0.4, 0.5) is 4.79 Å². The molecular weight excluding hydrogens is 340 g/mol. The van der Waals surface area contributed by atoms with Crippen molar-refractivity contribution in [3.63, 3.8) is 0 Å². The van der Waals surface area contributed by atoms with E-state index in [1.807, 2.05) is 30.3 Å². The fraction of sp³-hybridized carbons (Fsp3) is 0.318. The molecule has 0 saturated carbocycles. The van der Waals surface area contributed by atoms with Crippen molar-refractivity contribution in [2.75, 3.05) is 19.6 Å². The smallest absolute Gasteiger partial charge is 0.410 e. The van der Waals surface area contributed by atoms with Gasteiger partial charge in [-0.1, -0.05) is 60.7 Å². The van der Waals surface area contributed by atoms with E-state index in [0.717, 1.165) is 18.5 Å². The number of ether oxygens (including phenoxy) is 1. The van der Waals surface area contributed by atoms with Gasteiger partial charge in [-0.05, 0) is 28.7 Å². The van der Waals surface area contributed by atoms with Crippen LogP contribution in [0.15, 0.2) is 66.2 Å². The van der Waals surface area contributed by atoms with Crippen LogP contribution in [0.5, 0.6) is 0 Å². The van der Waals surface area contributed by atoms with E-state index >= 15 is 0 Å². The number of benzene rings is 2. The van der Waals surface area contributed by atoms with Crippen LogP contribution in [-0.2, 0) is 22.6 Å². The van der Waals surface area contributed by atoms with E-state index in [2.05, 4.69) is 35.4 Å². The van der Waals surface area contributed by atoms with Crippen molar-refractivity contribution in [3.05, 3.63) is 82.9 Å². The molecule has 138 valence electrons. The molecule has 2 aromatic rings. The van der Waals surface area contributed by atoms with Crippen molar-refractivity contribution in [2.24, 2.45) is 0 Å². The molecule has 2 atom stereocenters. The predicted molar refractivity (Wildman–Crippen MR) is 101 cm³/mol. The Morgan fingerprint density at radius 3 is 2.81 bits per heavy atom. The molecule has 0 unspecified atom stereocenters. The highest BCUT2D eigenvalue weighted by molar-refractivity contribution is 5.68. The molecule has 3 aliphatic rings. The fourth-order valence-corrected chi connectivity index (χ4v) is 4.24. The third-order valence-corrected chi connectivity index (χ3v) is 5.59. The minimum atomic E-state index is -0.289. The highest BCUT2D eigenvalue weighted by atomic mass is 16.7. The van der Waals surface area contributed by atoms with Crippen LogP contribution in [-0.4, -0.2) is 41.8 Å². The first kappa shape index (κ1) is 16.5. The summed E-state index contributed by atoms with van der Waals surface area (Å²) in [5, 5.41) is 2.08. The molecule has 1 amide bonds. The maximum absolute atomic E-state index is 12.5. The fourth-order valence-electron chi connectivity index (χ4n) is 4.24. The van der Waals surface area contributed by atoms with Crippen LogP contribution in [0.2, 0.25) is 0 Å². The maximum atomic E-state index is 12.5. The normalized spacial score (nSPS) is 23.9. The molecule has 0 bridgehead atoms. The number of hydrogen-bond donors (Lipinski definition) is 0. The first-order valence-electron chi connectivity index (χ1n) is 9.46. The number of amides is 1. The lowest BCUT2D eigenvalue weighted by atomic mass is 9.87. The first-order chi connectivity index (χ1) is 13.3. The maximum Gasteiger partial charge on any atom is 0.410 e.